The van der Waals surface area contributed by atoms with E-state index in [1.54, 1.807) is 0 Å². The van der Waals surface area contributed by atoms with Crippen molar-refractivity contribution in [3.63, 3.8) is 0 Å². The Hall–Kier alpha value is -5.72. The fraction of sp³-hybridized carbons (Fsp3) is 0.0222. The maximum Gasteiger partial charge on any atom is -0.000728 e. The molecule has 45 heavy (non-hydrogen) atoms. The highest BCUT2D eigenvalue weighted by Gasteiger charge is 2.18. The first-order valence-corrected chi connectivity index (χ1v) is 15.7. The topological polar surface area (TPSA) is 0 Å². The molecule has 0 radical (unpaired) electrons. The molecule has 0 aliphatic rings. The van der Waals surface area contributed by atoms with E-state index >= 15 is 0 Å². The lowest BCUT2D eigenvalue weighted by atomic mass is 9.84. The lowest BCUT2D eigenvalue weighted by Crippen LogP contribution is -1.97. The number of benzene rings is 8. The first-order chi connectivity index (χ1) is 22.3. The van der Waals surface area contributed by atoms with E-state index in [1.807, 2.05) is 0 Å². The van der Waals surface area contributed by atoms with Gasteiger partial charge in [0.05, 0.1) is 0 Å². The summed E-state index contributed by atoms with van der Waals surface area (Å²) in [4.78, 5) is 0. The first-order valence-electron chi connectivity index (χ1n) is 15.7. The SMILES string of the molecule is c1ccc(-c2cc(-c3ccccc3)cc(-c3c4ccccc4c(Cc4ccccc4-c4ccccc4)c4ccccc34)c2)cc1. The first kappa shape index (κ1) is 26.9. The summed E-state index contributed by atoms with van der Waals surface area (Å²) in [6.45, 7) is 0. The zero-order valence-electron chi connectivity index (χ0n) is 25.0. The highest BCUT2D eigenvalue weighted by Crippen LogP contribution is 2.43. The molecule has 0 heteroatoms. The third-order valence-electron chi connectivity index (χ3n) is 8.95. The second-order valence-corrected chi connectivity index (χ2v) is 11.7. The molecule has 0 aliphatic heterocycles. The zero-order valence-corrected chi connectivity index (χ0v) is 25.0. The monoisotopic (exact) mass is 572 g/mol. The molecule has 8 aromatic carbocycles. The molecule has 0 spiro atoms. The molecule has 0 amide bonds. The van der Waals surface area contributed by atoms with Crippen molar-refractivity contribution in [2.24, 2.45) is 0 Å². The molecule has 0 nitrogen and oxygen atoms in total. The van der Waals surface area contributed by atoms with Gasteiger partial charge in [-0.3, -0.25) is 0 Å². The van der Waals surface area contributed by atoms with Crippen LogP contribution in [-0.2, 0) is 6.42 Å². The van der Waals surface area contributed by atoms with E-state index in [2.05, 4.69) is 182 Å². The van der Waals surface area contributed by atoms with Gasteiger partial charge in [0.2, 0.25) is 0 Å². The van der Waals surface area contributed by atoms with E-state index in [0.717, 1.165) is 6.42 Å². The van der Waals surface area contributed by atoms with E-state index in [4.69, 9.17) is 0 Å². The van der Waals surface area contributed by atoms with Crippen molar-refractivity contribution < 1.29 is 0 Å². The van der Waals surface area contributed by atoms with Crippen LogP contribution >= 0.6 is 0 Å². The molecule has 8 rings (SSSR count). The van der Waals surface area contributed by atoms with Gasteiger partial charge >= 0.3 is 0 Å². The molecule has 0 fully saturated rings. The number of hydrogen-bond donors (Lipinski definition) is 0. The van der Waals surface area contributed by atoms with Crippen LogP contribution in [0.25, 0.3) is 66.1 Å². The third-order valence-corrected chi connectivity index (χ3v) is 8.95. The van der Waals surface area contributed by atoms with E-state index in [9.17, 15) is 0 Å². The smallest absolute Gasteiger partial charge is 0.000728 e. The molecular formula is C45H32. The van der Waals surface area contributed by atoms with Gasteiger partial charge in [0.15, 0.2) is 0 Å². The molecule has 0 heterocycles. The van der Waals surface area contributed by atoms with Gasteiger partial charge in [0.25, 0.3) is 0 Å². The van der Waals surface area contributed by atoms with Crippen LogP contribution < -0.4 is 0 Å². The van der Waals surface area contributed by atoms with Gasteiger partial charge in [-0.2, -0.15) is 0 Å². The van der Waals surface area contributed by atoms with Gasteiger partial charge in [-0.15, -0.1) is 0 Å². The van der Waals surface area contributed by atoms with E-state index in [-0.39, 0.29) is 0 Å². The standard InChI is InChI=1S/C45H32/c1-4-16-32(17-5-1)36-28-37(33-18-6-2-7-19-33)30-38(29-36)45-42-26-14-12-24-40(42)44(41-25-13-15-27-43(41)45)31-35-22-10-11-23-39(35)34-20-8-3-9-21-34/h1-30H,31H2. The molecule has 0 N–H and O–H groups in total. The fourth-order valence-electron chi connectivity index (χ4n) is 6.85. The van der Waals surface area contributed by atoms with E-state index < -0.39 is 0 Å². The highest BCUT2D eigenvalue weighted by atomic mass is 14.2. The highest BCUT2D eigenvalue weighted by molar-refractivity contribution is 6.15. The van der Waals surface area contributed by atoms with Crippen LogP contribution in [0.1, 0.15) is 11.1 Å². The Morgan fingerprint density at radius 3 is 1.22 bits per heavy atom. The molecule has 0 aromatic heterocycles. The van der Waals surface area contributed by atoms with Crippen molar-refractivity contribution in [1.29, 1.82) is 0 Å². The molecule has 8 aromatic rings. The lowest BCUT2D eigenvalue weighted by molar-refractivity contribution is 1.23. The summed E-state index contributed by atoms with van der Waals surface area (Å²) < 4.78 is 0. The fourth-order valence-corrected chi connectivity index (χ4v) is 6.85. The van der Waals surface area contributed by atoms with Crippen LogP contribution in [-0.4, -0.2) is 0 Å². The summed E-state index contributed by atoms with van der Waals surface area (Å²) in [7, 11) is 0. The Kier molecular flexibility index (Phi) is 7.02. The van der Waals surface area contributed by atoms with Gasteiger partial charge in [-0.05, 0) is 102 Å². The quantitative estimate of drug-likeness (QED) is 0.174. The summed E-state index contributed by atoms with van der Waals surface area (Å²) in [6, 6.07) is 66.1. The van der Waals surface area contributed by atoms with Crippen molar-refractivity contribution in [1.82, 2.24) is 0 Å². The molecule has 212 valence electrons. The third kappa shape index (κ3) is 5.11. The van der Waals surface area contributed by atoms with E-state index in [0.29, 0.717) is 0 Å². The number of rotatable bonds is 6. The summed E-state index contributed by atoms with van der Waals surface area (Å²) in [5.74, 6) is 0. The van der Waals surface area contributed by atoms with Crippen LogP contribution in [0.3, 0.4) is 0 Å². The molecule has 0 atom stereocenters. The predicted octanol–water partition coefficient (Wildman–Crippen LogP) is 12.3. The average molecular weight is 573 g/mol. The molecular weight excluding hydrogens is 540 g/mol. The number of hydrogen-bond acceptors (Lipinski definition) is 0. The normalized spacial score (nSPS) is 11.2. The van der Waals surface area contributed by atoms with Crippen molar-refractivity contribution in [2.45, 2.75) is 6.42 Å². The molecule has 0 unspecified atom stereocenters. The van der Waals surface area contributed by atoms with Crippen LogP contribution in [0.15, 0.2) is 182 Å². The Morgan fingerprint density at radius 2 is 0.689 bits per heavy atom. The van der Waals surface area contributed by atoms with Gasteiger partial charge in [0.1, 0.15) is 0 Å². The zero-order chi connectivity index (χ0) is 30.0. The maximum absolute atomic E-state index is 2.38. The minimum atomic E-state index is 0.853. The largest absolute Gasteiger partial charge is 0.0622 e. The van der Waals surface area contributed by atoms with Crippen LogP contribution in [0.5, 0.6) is 0 Å². The summed E-state index contributed by atoms with van der Waals surface area (Å²) in [5.41, 5.74) is 12.7. The van der Waals surface area contributed by atoms with E-state index in [1.165, 1.54) is 77.2 Å². The van der Waals surface area contributed by atoms with Gasteiger partial charge < -0.3 is 0 Å². The van der Waals surface area contributed by atoms with Crippen molar-refractivity contribution in [2.75, 3.05) is 0 Å². The predicted molar refractivity (Wildman–Crippen MR) is 192 cm³/mol. The maximum atomic E-state index is 2.38. The minimum absolute atomic E-state index is 0.853. The lowest BCUT2D eigenvalue weighted by Gasteiger charge is -2.20. The van der Waals surface area contributed by atoms with Crippen LogP contribution in [0, 0.1) is 0 Å². The Labute approximate surface area is 264 Å². The molecule has 0 bridgehead atoms. The Balaban J connectivity index is 1.39. The van der Waals surface area contributed by atoms with Gasteiger partial charge in [-0.25, -0.2) is 0 Å². The van der Waals surface area contributed by atoms with Crippen molar-refractivity contribution in [3.8, 4) is 44.5 Å². The van der Waals surface area contributed by atoms with Gasteiger partial charge in [-0.1, -0.05) is 164 Å². The Bertz CT molecular complexity index is 2150. The second kappa shape index (κ2) is 11.8. The Morgan fingerprint density at radius 1 is 0.289 bits per heavy atom. The van der Waals surface area contributed by atoms with Gasteiger partial charge in [0, 0.05) is 0 Å². The summed E-state index contributed by atoms with van der Waals surface area (Å²) >= 11 is 0. The summed E-state index contributed by atoms with van der Waals surface area (Å²) in [6.07, 6.45) is 0.853. The molecule has 0 saturated heterocycles. The van der Waals surface area contributed by atoms with Crippen LogP contribution in [0.4, 0.5) is 0 Å². The van der Waals surface area contributed by atoms with Crippen molar-refractivity contribution in [3.05, 3.63) is 193 Å². The van der Waals surface area contributed by atoms with Crippen LogP contribution in [0.2, 0.25) is 0 Å². The summed E-state index contributed by atoms with van der Waals surface area (Å²) in [5, 5.41) is 5.18. The van der Waals surface area contributed by atoms with Crippen molar-refractivity contribution >= 4 is 21.5 Å². The average Bonchev–Trinajstić information content (AvgIpc) is 3.13. The molecule has 0 saturated carbocycles. The number of fused-ring (bicyclic) bond motifs is 2. The second-order valence-electron chi connectivity index (χ2n) is 11.7. The minimum Gasteiger partial charge on any atom is -0.0622 e. The molecule has 0 aliphatic carbocycles.